The minimum atomic E-state index is -1.53. The van der Waals surface area contributed by atoms with Crippen molar-refractivity contribution in [2.24, 2.45) is 0 Å². The highest BCUT2D eigenvalue weighted by Gasteiger charge is 2.20. The molecule has 3 aromatic rings. The summed E-state index contributed by atoms with van der Waals surface area (Å²) in [5.41, 5.74) is 1.22. The summed E-state index contributed by atoms with van der Waals surface area (Å²) in [5.74, 6) is 0.704. The van der Waals surface area contributed by atoms with E-state index in [1.807, 2.05) is 26.8 Å². The smallest absolute Gasteiger partial charge is 0.239 e. The van der Waals surface area contributed by atoms with Gasteiger partial charge < -0.3 is 13.8 Å². The van der Waals surface area contributed by atoms with Gasteiger partial charge in [-0.2, -0.15) is 4.98 Å². The molecule has 0 spiro atoms. The molecule has 0 aliphatic heterocycles. The van der Waals surface area contributed by atoms with E-state index in [4.69, 9.17) is 13.8 Å². The Kier molecular flexibility index (Phi) is 6.12. The molecule has 9 nitrogen and oxygen atoms in total. The van der Waals surface area contributed by atoms with Gasteiger partial charge in [0, 0.05) is 27.8 Å². The van der Waals surface area contributed by atoms with E-state index in [-0.39, 0.29) is 28.7 Å². The average Bonchev–Trinajstić information content (AvgIpc) is 3.31. The van der Waals surface area contributed by atoms with Crippen LogP contribution in [0.1, 0.15) is 32.4 Å². The summed E-state index contributed by atoms with van der Waals surface area (Å²) in [6.45, 7) is 5.95. The van der Waals surface area contributed by atoms with E-state index in [0.717, 1.165) is 0 Å². The van der Waals surface area contributed by atoms with E-state index in [1.165, 1.54) is 0 Å². The van der Waals surface area contributed by atoms with Crippen LogP contribution in [0.25, 0.3) is 11.4 Å². The Morgan fingerprint density at radius 1 is 1.21 bits per heavy atom. The molecule has 0 radical (unpaired) electrons. The lowest BCUT2D eigenvalue weighted by Crippen LogP contribution is -2.20. The first-order valence-electron chi connectivity index (χ1n) is 8.83. The highest BCUT2D eigenvalue weighted by Crippen LogP contribution is 2.24. The van der Waals surface area contributed by atoms with Gasteiger partial charge in [0.1, 0.15) is 17.3 Å². The molecule has 0 saturated heterocycles. The van der Waals surface area contributed by atoms with E-state index in [2.05, 4.69) is 20.6 Å². The number of nitrogens with zero attached hydrogens (tertiary/aromatic N) is 3. The number of carbonyl (C=O) groups is 1. The molecule has 0 bridgehead atoms. The van der Waals surface area contributed by atoms with E-state index < -0.39 is 16.7 Å². The minimum Gasteiger partial charge on any atom is -0.497 e. The molecular weight excluding hydrogens is 396 g/mol. The first kappa shape index (κ1) is 20.7. The maximum atomic E-state index is 12.3. The number of aromatic nitrogens is 3. The molecule has 10 heteroatoms. The number of hydrogen-bond acceptors (Lipinski definition) is 8. The van der Waals surface area contributed by atoms with Gasteiger partial charge in [0.2, 0.25) is 23.5 Å². The van der Waals surface area contributed by atoms with Crippen LogP contribution in [-0.2, 0) is 26.8 Å². The van der Waals surface area contributed by atoms with Crippen molar-refractivity contribution in [3.63, 3.8) is 0 Å². The summed E-state index contributed by atoms with van der Waals surface area (Å²) in [4.78, 5) is 16.3. The second-order valence-corrected chi connectivity index (χ2v) is 8.80. The molecule has 0 aliphatic carbocycles. The Labute approximate surface area is 170 Å². The number of hydrogen-bond donors (Lipinski definition) is 1. The molecule has 1 atom stereocenters. The number of carbonyl (C=O) groups excluding carboxylic acids is 1. The van der Waals surface area contributed by atoms with Crippen molar-refractivity contribution in [3.05, 3.63) is 41.9 Å². The molecule has 29 heavy (non-hydrogen) atoms. The van der Waals surface area contributed by atoms with Crippen molar-refractivity contribution in [2.75, 3.05) is 18.2 Å². The Morgan fingerprint density at radius 3 is 2.69 bits per heavy atom. The summed E-state index contributed by atoms with van der Waals surface area (Å²) >= 11 is 0. The van der Waals surface area contributed by atoms with Gasteiger partial charge in [0.05, 0.1) is 12.8 Å². The Balaban J connectivity index is 1.56. The number of ether oxygens (including phenoxy) is 1. The molecule has 154 valence electrons. The lowest BCUT2D eigenvalue weighted by molar-refractivity contribution is -0.114. The highest BCUT2D eigenvalue weighted by atomic mass is 32.2. The standard InChI is InChI=1S/C19H22N4O5S/c1-19(2,3)14-9-16(27-22-14)20-15(24)10-29(25)11-17-21-18(23-28-17)12-6-5-7-13(8-12)26-4/h5-9H,10-11H2,1-4H3,(H,20,24). The van der Waals surface area contributed by atoms with Crippen molar-refractivity contribution in [1.82, 2.24) is 15.3 Å². The number of benzene rings is 1. The van der Waals surface area contributed by atoms with Crippen LogP contribution in [-0.4, -0.2) is 38.3 Å². The van der Waals surface area contributed by atoms with Gasteiger partial charge >= 0.3 is 0 Å². The quantitative estimate of drug-likeness (QED) is 0.622. The molecule has 3 rings (SSSR count). The normalized spacial score (nSPS) is 12.6. The SMILES string of the molecule is COc1cccc(-c2noc(CS(=O)CC(=O)Nc3cc(C(C)(C)C)no3)n2)c1. The number of methoxy groups -OCH3 is 1. The van der Waals surface area contributed by atoms with E-state index in [0.29, 0.717) is 22.8 Å². The zero-order valence-electron chi connectivity index (χ0n) is 16.6. The van der Waals surface area contributed by atoms with Crippen LogP contribution in [0.2, 0.25) is 0 Å². The number of anilines is 1. The minimum absolute atomic E-state index is 0.0337. The van der Waals surface area contributed by atoms with Crippen molar-refractivity contribution >= 4 is 22.6 Å². The fourth-order valence-corrected chi connectivity index (χ4v) is 3.25. The highest BCUT2D eigenvalue weighted by molar-refractivity contribution is 7.84. The third-order valence-electron chi connectivity index (χ3n) is 3.91. The zero-order valence-corrected chi connectivity index (χ0v) is 17.4. The Hall–Kier alpha value is -3.01. The van der Waals surface area contributed by atoms with Crippen molar-refractivity contribution < 1.29 is 22.8 Å². The van der Waals surface area contributed by atoms with Gasteiger partial charge in [-0.25, -0.2) is 0 Å². The first-order chi connectivity index (χ1) is 13.7. The predicted octanol–water partition coefficient (Wildman–Crippen LogP) is 2.92. The monoisotopic (exact) mass is 418 g/mol. The van der Waals surface area contributed by atoms with Crippen LogP contribution in [0.3, 0.4) is 0 Å². The Bertz CT molecular complexity index is 1020. The first-order valence-corrected chi connectivity index (χ1v) is 10.3. The second kappa shape index (κ2) is 8.56. The number of nitrogens with one attached hydrogen (secondary N) is 1. The summed E-state index contributed by atoms with van der Waals surface area (Å²) < 4.78 is 27.7. The fourth-order valence-electron chi connectivity index (χ4n) is 2.39. The molecular formula is C19H22N4O5S. The maximum absolute atomic E-state index is 12.3. The topological polar surface area (TPSA) is 120 Å². The third-order valence-corrected chi connectivity index (χ3v) is 5.07. The largest absolute Gasteiger partial charge is 0.497 e. The maximum Gasteiger partial charge on any atom is 0.239 e. The van der Waals surface area contributed by atoms with Gasteiger partial charge in [-0.3, -0.25) is 14.3 Å². The van der Waals surface area contributed by atoms with E-state index in [9.17, 15) is 9.00 Å². The molecule has 0 aliphatic rings. The third kappa shape index (κ3) is 5.50. The second-order valence-electron chi connectivity index (χ2n) is 7.35. The number of amides is 1. The average molecular weight is 418 g/mol. The van der Waals surface area contributed by atoms with Crippen molar-refractivity contribution in [1.29, 1.82) is 0 Å². The molecule has 1 unspecified atom stereocenters. The molecule has 0 saturated carbocycles. The molecule has 1 amide bonds. The van der Waals surface area contributed by atoms with Gasteiger partial charge in [-0.1, -0.05) is 43.2 Å². The fraction of sp³-hybridized carbons (Fsp3) is 0.368. The van der Waals surface area contributed by atoms with Crippen molar-refractivity contribution in [3.8, 4) is 17.1 Å². The van der Waals surface area contributed by atoms with Gasteiger partial charge in [0.25, 0.3) is 0 Å². The lowest BCUT2D eigenvalue weighted by atomic mass is 9.92. The molecule has 1 aromatic carbocycles. The number of rotatable bonds is 7. The predicted molar refractivity (Wildman–Crippen MR) is 107 cm³/mol. The van der Waals surface area contributed by atoms with E-state index in [1.54, 1.807) is 31.4 Å². The summed E-state index contributed by atoms with van der Waals surface area (Å²) in [6.07, 6.45) is 0. The lowest BCUT2D eigenvalue weighted by Gasteiger charge is -2.12. The van der Waals surface area contributed by atoms with Gasteiger partial charge in [0.15, 0.2) is 0 Å². The molecule has 0 fully saturated rings. The van der Waals surface area contributed by atoms with E-state index >= 15 is 0 Å². The van der Waals surface area contributed by atoms with Gasteiger partial charge in [-0.15, -0.1) is 0 Å². The van der Waals surface area contributed by atoms with Crippen LogP contribution in [0.4, 0.5) is 5.88 Å². The van der Waals surface area contributed by atoms with Crippen LogP contribution < -0.4 is 10.1 Å². The Morgan fingerprint density at radius 2 is 2.00 bits per heavy atom. The van der Waals surface area contributed by atoms with Crippen molar-refractivity contribution in [2.45, 2.75) is 31.9 Å². The van der Waals surface area contributed by atoms with Crippen LogP contribution >= 0.6 is 0 Å². The molecule has 2 aromatic heterocycles. The summed E-state index contributed by atoms with van der Waals surface area (Å²) in [7, 11) is 0.0380. The van der Waals surface area contributed by atoms with Crippen LogP contribution in [0, 0.1) is 0 Å². The molecule has 1 N–H and O–H groups in total. The summed E-state index contributed by atoms with van der Waals surface area (Å²) in [6, 6.07) is 8.84. The molecule has 2 heterocycles. The van der Waals surface area contributed by atoms with Crippen LogP contribution in [0.5, 0.6) is 5.75 Å². The summed E-state index contributed by atoms with van der Waals surface area (Å²) in [5, 5.41) is 10.4. The van der Waals surface area contributed by atoms with Crippen LogP contribution in [0.15, 0.2) is 39.4 Å². The van der Waals surface area contributed by atoms with Gasteiger partial charge in [-0.05, 0) is 12.1 Å². The zero-order chi connectivity index (χ0) is 21.0.